The van der Waals surface area contributed by atoms with Gasteiger partial charge < -0.3 is 15.4 Å². The van der Waals surface area contributed by atoms with Gasteiger partial charge in [-0.25, -0.2) is 13.1 Å². The summed E-state index contributed by atoms with van der Waals surface area (Å²) in [5.74, 6) is 0.305. The molecule has 1 saturated heterocycles. The largest absolute Gasteiger partial charge is 0.495 e. The van der Waals surface area contributed by atoms with Crippen molar-refractivity contribution in [1.29, 1.82) is 0 Å². The molecule has 0 aliphatic carbocycles. The summed E-state index contributed by atoms with van der Waals surface area (Å²) in [4.78, 5) is 2.34. The number of nitrogens with one attached hydrogen (secondary N) is 1. The average Bonchev–Trinajstić information content (AvgIpc) is 2.47. The summed E-state index contributed by atoms with van der Waals surface area (Å²) >= 11 is 0. The van der Waals surface area contributed by atoms with Gasteiger partial charge >= 0.3 is 0 Å². The van der Waals surface area contributed by atoms with E-state index in [0.29, 0.717) is 11.4 Å². The van der Waals surface area contributed by atoms with Crippen LogP contribution in [0.25, 0.3) is 0 Å². The van der Waals surface area contributed by atoms with Crippen LogP contribution in [0.4, 0.5) is 5.69 Å². The number of nitrogens with zero attached hydrogens (tertiary/aromatic N) is 1. The van der Waals surface area contributed by atoms with Crippen molar-refractivity contribution in [2.45, 2.75) is 30.7 Å². The van der Waals surface area contributed by atoms with Crippen molar-refractivity contribution in [2.75, 3.05) is 32.5 Å². The fourth-order valence-electron chi connectivity index (χ4n) is 2.63. The van der Waals surface area contributed by atoms with E-state index in [2.05, 4.69) is 16.5 Å². The predicted molar refractivity (Wildman–Crippen MR) is 82.9 cm³/mol. The van der Waals surface area contributed by atoms with Gasteiger partial charge in [-0.15, -0.1) is 0 Å². The molecule has 3 N–H and O–H groups in total. The first-order valence-electron chi connectivity index (χ1n) is 7.14. The van der Waals surface area contributed by atoms with Gasteiger partial charge in [-0.05, 0) is 44.1 Å². The van der Waals surface area contributed by atoms with Gasteiger partial charge in [0.05, 0.1) is 7.11 Å². The van der Waals surface area contributed by atoms with E-state index in [1.807, 2.05) is 0 Å². The fraction of sp³-hybridized carbons (Fsp3) is 0.571. The molecule has 1 unspecified atom stereocenters. The summed E-state index contributed by atoms with van der Waals surface area (Å²) in [5.41, 5.74) is 6.10. The molecule has 118 valence electrons. The lowest BCUT2D eigenvalue weighted by Crippen LogP contribution is -2.47. The number of likely N-dealkylation sites (N-methyl/N-ethyl adjacent to an activating group) is 1. The van der Waals surface area contributed by atoms with Crippen LogP contribution >= 0.6 is 0 Å². The zero-order chi connectivity index (χ0) is 15.5. The van der Waals surface area contributed by atoms with Gasteiger partial charge in [0.2, 0.25) is 10.0 Å². The Kier molecular flexibility index (Phi) is 5.08. The highest BCUT2D eigenvalue weighted by atomic mass is 32.2. The normalized spacial score (nSPS) is 20.4. The van der Waals surface area contributed by atoms with E-state index < -0.39 is 10.0 Å². The number of piperidine rings is 1. The molecule has 1 heterocycles. The Labute approximate surface area is 126 Å². The van der Waals surface area contributed by atoms with Crippen LogP contribution in [0.15, 0.2) is 23.1 Å². The third-order valence-electron chi connectivity index (χ3n) is 3.75. The number of hydrogen-bond acceptors (Lipinski definition) is 5. The van der Waals surface area contributed by atoms with Crippen molar-refractivity contribution in [3.63, 3.8) is 0 Å². The van der Waals surface area contributed by atoms with Gasteiger partial charge in [0, 0.05) is 18.3 Å². The van der Waals surface area contributed by atoms with Crippen LogP contribution in [-0.2, 0) is 10.0 Å². The van der Waals surface area contributed by atoms with Crippen molar-refractivity contribution in [3.05, 3.63) is 18.2 Å². The van der Waals surface area contributed by atoms with E-state index >= 15 is 0 Å². The third kappa shape index (κ3) is 3.87. The quantitative estimate of drug-likeness (QED) is 0.794. The Morgan fingerprint density at radius 1 is 1.48 bits per heavy atom. The number of anilines is 1. The summed E-state index contributed by atoms with van der Waals surface area (Å²) in [5, 5.41) is 0. The number of benzene rings is 1. The Hall–Kier alpha value is -1.31. The smallest absolute Gasteiger partial charge is 0.244 e. The molecular weight excluding hydrogens is 290 g/mol. The number of sulfonamides is 1. The molecule has 0 radical (unpaired) electrons. The highest BCUT2D eigenvalue weighted by molar-refractivity contribution is 7.89. The Balaban J connectivity index is 2.20. The molecule has 1 aromatic rings. The molecule has 1 fully saturated rings. The lowest BCUT2D eigenvalue weighted by atomic mass is 10.1. The maximum Gasteiger partial charge on any atom is 0.244 e. The lowest BCUT2D eigenvalue weighted by molar-refractivity contribution is 0.211. The summed E-state index contributed by atoms with van der Waals surface area (Å²) in [6.07, 6.45) is 1.84. The molecule has 0 amide bonds. The molecule has 0 spiro atoms. The first-order chi connectivity index (χ1) is 9.96. The highest BCUT2D eigenvalue weighted by Gasteiger charge is 2.26. The number of likely N-dealkylation sites (tertiary alicyclic amines) is 1. The maximum atomic E-state index is 12.6. The molecule has 1 atom stereocenters. The number of methoxy groups -OCH3 is 1. The molecule has 6 nitrogen and oxygen atoms in total. The van der Waals surface area contributed by atoms with E-state index in [-0.39, 0.29) is 10.9 Å². The van der Waals surface area contributed by atoms with Gasteiger partial charge in [-0.3, -0.25) is 0 Å². The second kappa shape index (κ2) is 6.64. The van der Waals surface area contributed by atoms with E-state index in [4.69, 9.17) is 10.5 Å². The average molecular weight is 313 g/mol. The molecule has 0 aromatic heterocycles. The number of nitrogens with two attached hydrogens (primary N) is 1. The van der Waals surface area contributed by atoms with Crippen LogP contribution in [0.1, 0.15) is 19.8 Å². The first kappa shape index (κ1) is 16.1. The Bertz CT molecular complexity index is 589. The highest BCUT2D eigenvalue weighted by Crippen LogP contribution is 2.26. The van der Waals surface area contributed by atoms with Crippen molar-refractivity contribution in [2.24, 2.45) is 0 Å². The van der Waals surface area contributed by atoms with E-state index in [9.17, 15) is 8.42 Å². The molecule has 1 aliphatic heterocycles. The van der Waals surface area contributed by atoms with Crippen LogP contribution in [-0.4, -0.2) is 46.1 Å². The second-order valence-electron chi connectivity index (χ2n) is 5.26. The molecule has 0 bridgehead atoms. The minimum absolute atomic E-state index is 0.0742. The van der Waals surface area contributed by atoms with Gasteiger partial charge in [-0.2, -0.15) is 0 Å². The van der Waals surface area contributed by atoms with Crippen molar-refractivity contribution < 1.29 is 13.2 Å². The van der Waals surface area contributed by atoms with Gasteiger partial charge in [0.25, 0.3) is 0 Å². The number of hydrogen-bond donors (Lipinski definition) is 2. The number of rotatable bonds is 5. The van der Waals surface area contributed by atoms with Gasteiger partial charge in [0.15, 0.2) is 0 Å². The summed E-state index contributed by atoms with van der Waals surface area (Å²) < 4.78 is 33.0. The Morgan fingerprint density at radius 3 is 2.90 bits per heavy atom. The van der Waals surface area contributed by atoms with E-state index in [1.54, 1.807) is 12.1 Å². The molecule has 0 saturated carbocycles. The molecule has 1 aliphatic rings. The Morgan fingerprint density at radius 2 is 2.24 bits per heavy atom. The van der Waals surface area contributed by atoms with Crippen LogP contribution in [0, 0.1) is 0 Å². The SMILES string of the molecule is CCN1CCCC(NS(=O)(=O)c2cc(N)ccc2OC)C1. The lowest BCUT2D eigenvalue weighted by Gasteiger charge is -2.32. The van der Waals surface area contributed by atoms with Crippen molar-refractivity contribution in [3.8, 4) is 5.75 Å². The van der Waals surface area contributed by atoms with E-state index in [0.717, 1.165) is 32.5 Å². The minimum atomic E-state index is -3.64. The van der Waals surface area contributed by atoms with E-state index in [1.165, 1.54) is 13.2 Å². The monoisotopic (exact) mass is 313 g/mol. The second-order valence-corrected chi connectivity index (χ2v) is 6.95. The summed E-state index contributed by atoms with van der Waals surface area (Å²) in [7, 11) is -2.19. The maximum absolute atomic E-state index is 12.6. The first-order valence-corrected chi connectivity index (χ1v) is 8.62. The van der Waals surface area contributed by atoms with Crippen molar-refractivity contribution >= 4 is 15.7 Å². The van der Waals surface area contributed by atoms with Crippen LogP contribution in [0.3, 0.4) is 0 Å². The summed E-state index contributed by atoms with van der Waals surface area (Å²) in [6, 6.07) is 4.55. The topological polar surface area (TPSA) is 84.7 Å². The molecule has 2 rings (SSSR count). The molecule has 1 aromatic carbocycles. The predicted octanol–water partition coefficient (Wildman–Crippen LogP) is 1.04. The van der Waals surface area contributed by atoms with Crippen molar-refractivity contribution in [1.82, 2.24) is 9.62 Å². The zero-order valence-corrected chi connectivity index (χ0v) is 13.3. The standard InChI is InChI=1S/C14H23N3O3S/c1-3-17-8-4-5-12(10-17)16-21(18,19)14-9-11(15)6-7-13(14)20-2/h6-7,9,12,16H,3-5,8,10,15H2,1-2H3. The molecule has 7 heteroatoms. The fourth-order valence-corrected chi connectivity index (χ4v) is 4.09. The molecular formula is C14H23N3O3S. The zero-order valence-electron chi connectivity index (χ0n) is 12.5. The van der Waals surface area contributed by atoms with Gasteiger partial charge in [0.1, 0.15) is 10.6 Å². The van der Waals surface area contributed by atoms with Crippen LogP contribution in [0.2, 0.25) is 0 Å². The van der Waals surface area contributed by atoms with Crippen LogP contribution in [0.5, 0.6) is 5.75 Å². The van der Waals surface area contributed by atoms with Gasteiger partial charge in [-0.1, -0.05) is 6.92 Å². The number of ether oxygens (including phenoxy) is 1. The van der Waals surface area contributed by atoms with Crippen LogP contribution < -0.4 is 15.2 Å². The molecule has 21 heavy (non-hydrogen) atoms. The minimum Gasteiger partial charge on any atom is -0.495 e. The number of nitrogen functional groups attached to an aromatic ring is 1. The summed E-state index contributed by atoms with van der Waals surface area (Å²) in [6.45, 7) is 4.77. The third-order valence-corrected chi connectivity index (χ3v) is 5.29.